The van der Waals surface area contributed by atoms with Crippen molar-refractivity contribution in [2.45, 2.75) is 0 Å². The van der Waals surface area contributed by atoms with Crippen molar-refractivity contribution in [2.24, 2.45) is 0 Å². The smallest absolute Gasteiger partial charge is 0.177 e. The fourth-order valence-electron chi connectivity index (χ4n) is 2.60. The summed E-state index contributed by atoms with van der Waals surface area (Å²) in [7, 11) is 0. The molecule has 0 saturated heterocycles. The van der Waals surface area contributed by atoms with Gasteiger partial charge in [-0.15, -0.1) is 0 Å². The van der Waals surface area contributed by atoms with Crippen LogP contribution in [0.4, 0.5) is 0 Å². The first kappa shape index (κ1) is 17.7. The first-order valence-electron chi connectivity index (χ1n) is 7.57. The summed E-state index contributed by atoms with van der Waals surface area (Å²) in [5, 5.41) is 0. The van der Waals surface area contributed by atoms with E-state index in [1.807, 2.05) is 48.5 Å². The standard InChI is InChI=1S/C18H10Br2N4S2/c19-11-5-1-9(2-6-11)13-14(10-3-7-12(20)8-4-10)22-16-15(21-13)17(25)24-18(26)23-16/h1-8H,(H2,22,23,24,25,26). The summed E-state index contributed by atoms with van der Waals surface area (Å²) in [5.41, 5.74) is 4.59. The van der Waals surface area contributed by atoms with E-state index < -0.39 is 0 Å². The highest BCUT2D eigenvalue weighted by atomic mass is 79.9. The normalized spacial score (nSPS) is 11.0. The molecule has 0 atom stereocenters. The van der Waals surface area contributed by atoms with E-state index in [2.05, 4.69) is 41.8 Å². The van der Waals surface area contributed by atoms with Crippen LogP contribution < -0.4 is 0 Å². The molecular formula is C18H10Br2N4S2. The van der Waals surface area contributed by atoms with Crippen LogP contribution in [0.2, 0.25) is 0 Å². The number of H-pyrrole nitrogens is 2. The predicted octanol–water partition coefficient (Wildman–Crippen LogP) is 6.60. The zero-order chi connectivity index (χ0) is 18.3. The van der Waals surface area contributed by atoms with E-state index in [1.165, 1.54) is 0 Å². The van der Waals surface area contributed by atoms with Gasteiger partial charge in [-0.3, -0.25) is 0 Å². The SMILES string of the molecule is S=c1[nH]c(=S)c2nc(-c3ccc(Br)cc3)c(-c3ccc(Br)cc3)nc2[nH]1. The number of halogens is 2. The van der Waals surface area contributed by atoms with Crippen LogP contribution in [0.5, 0.6) is 0 Å². The van der Waals surface area contributed by atoms with Crippen LogP contribution in [0.3, 0.4) is 0 Å². The molecule has 0 fully saturated rings. The second-order valence-corrected chi connectivity index (χ2v) is 8.19. The Hall–Kier alpha value is -1.74. The summed E-state index contributed by atoms with van der Waals surface area (Å²) >= 11 is 17.5. The summed E-state index contributed by atoms with van der Waals surface area (Å²) < 4.78 is 2.90. The molecule has 4 rings (SSSR count). The lowest BCUT2D eigenvalue weighted by molar-refractivity contribution is 1.11. The highest BCUT2D eigenvalue weighted by Gasteiger charge is 2.14. The molecule has 0 aliphatic rings. The van der Waals surface area contributed by atoms with Crippen LogP contribution in [0.25, 0.3) is 33.7 Å². The van der Waals surface area contributed by atoms with Crippen molar-refractivity contribution in [1.82, 2.24) is 19.9 Å². The highest BCUT2D eigenvalue weighted by Crippen LogP contribution is 2.32. The van der Waals surface area contributed by atoms with Gasteiger partial charge in [0.05, 0.1) is 11.4 Å². The minimum absolute atomic E-state index is 0.426. The molecule has 128 valence electrons. The molecule has 0 spiro atoms. The van der Waals surface area contributed by atoms with Crippen LogP contribution in [0.15, 0.2) is 57.5 Å². The number of aromatic nitrogens is 4. The topological polar surface area (TPSA) is 57.4 Å². The van der Waals surface area contributed by atoms with Gasteiger partial charge in [0, 0.05) is 20.1 Å². The van der Waals surface area contributed by atoms with Gasteiger partial charge in [0.1, 0.15) is 10.2 Å². The zero-order valence-corrected chi connectivity index (χ0v) is 17.9. The molecule has 0 aliphatic heterocycles. The minimum atomic E-state index is 0.426. The summed E-state index contributed by atoms with van der Waals surface area (Å²) in [6, 6.07) is 15.9. The average molecular weight is 506 g/mol. The van der Waals surface area contributed by atoms with Gasteiger partial charge in [-0.2, -0.15) is 0 Å². The Labute approximate surface area is 176 Å². The van der Waals surface area contributed by atoms with Crippen LogP contribution in [0, 0.1) is 9.41 Å². The largest absolute Gasteiger partial charge is 0.322 e. The van der Waals surface area contributed by atoms with Crippen molar-refractivity contribution < 1.29 is 0 Å². The maximum Gasteiger partial charge on any atom is 0.177 e. The van der Waals surface area contributed by atoms with Gasteiger partial charge >= 0.3 is 0 Å². The van der Waals surface area contributed by atoms with E-state index in [1.54, 1.807) is 0 Å². The third-order valence-corrected chi connectivity index (χ3v) is 5.36. The minimum Gasteiger partial charge on any atom is -0.322 e. The summed E-state index contributed by atoms with van der Waals surface area (Å²) in [5.74, 6) is 0. The third-order valence-electron chi connectivity index (χ3n) is 3.81. The fraction of sp³-hybridized carbons (Fsp3) is 0. The Morgan fingerprint density at radius 2 is 1.19 bits per heavy atom. The summed E-state index contributed by atoms with van der Waals surface area (Å²) in [6.07, 6.45) is 0. The van der Waals surface area contributed by atoms with Crippen LogP contribution in [-0.4, -0.2) is 19.9 Å². The molecule has 8 heteroatoms. The maximum atomic E-state index is 5.39. The second-order valence-electron chi connectivity index (χ2n) is 5.54. The molecule has 0 saturated carbocycles. The Bertz CT molecular complexity index is 1230. The van der Waals surface area contributed by atoms with Crippen LogP contribution >= 0.6 is 56.3 Å². The van der Waals surface area contributed by atoms with Crippen LogP contribution in [-0.2, 0) is 0 Å². The monoisotopic (exact) mass is 504 g/mol. The molecule has 0 radical (unpaired) electrons. The molecule has 0 aliphatic carbocycles. The summed E-state index contributed by atoms with van der Waals surface area (Å²) in [6.45, 7) is 0. The molecule has 2 N–H and O–H groups in total. The molecule has 2 aromatic heterocycles. The Morgan fingerprint density at radius 3 is 1.73 bits per heavy atom. The van der Waals surface area contributed by atoms with E-state index in [0.717, 1.165) is 31.5 Å². The van der Waals surface area contributed by atoms with Gasteiger partial charge < -0.3 is 9.97 Å². The lowest BCUT2D eigenvalue weighted by Gasteiger charge is -2.11. The average Bonchev–Trinajstić information content (AvgIpc) is 2.62. The van der Waals surface area contributed by atoms with E-state index in [0.29, 0.717) is 20.6 Å². The fourth-order valence-corrected chi connectivity index (χ4v) is 3.64. The number of nitrogens with one attached hydrogen (secondary N) is 2. The number of hydrogen-bond donors (Lipinski definition) is 2. The second kappa shape index (κ2) is 7.11. The molecular weight excluding hydrogens is 496 g/mol. The predicted molar refractivity (Wildman–Crippen MR) is 116 cm³/mol. The Balaban J connectivity index is 2.07. The van der Waals surface area contributed by atoms with Gasteiger partial charge in [0.25, 0.3) is 0 Å². The quantitative estimate of drug-likeness (QED) is 0.301. The van der Waals surface area contributed by atoms with E-state index in [9.17, 15) is 0 Å². The lowest BCUT2D eigenvalue weighted by Crippen LogP contribution is -1.99. The molecule has 0 amide bonds. The van der Waals surface area contributed by atoms with Gasteiger partial charge in [-0.05, 0) is 36.5 Å². The number of fused-ring (bicyclic) bond motifs is 1. The lowest BCUT2D eigenvalue weighted by atomic mass is 10.0. The molecule has 4 nitrogen and oxygen atoms in total. The third kappa shape index (κ3) is 3.42. The molecule has 2 aromatic carbocycles. The van der Waals surface area contributed by atoms with Crippen LogP contribution in [0.1, 0.15) is 0 Å². The van der Waals surface area contributed by atoms with Crippen molar-refractivity contribution in [3.63, 3.8) is 0 Å². The van der Waals surface area contributed by atoms with Crippen molar-refractivity contribution in [3.8, 4) is 22.5 Å². The van der Waals surface area contributed by atoms with E-state index in [-0.39, 0.29) is 0 Å². The number of rotatable bonds is 2. The molecule has 0 bridgehead atoms. The molecule has 26 heavy (non-hydrogen) atoms. The van der Waals surface area contributed by atoms with Crippen molar-refractivity contribution in [1.29, 1.82) is 0 Å². The molecule has 0 unspecified atom stereocenters. The van der Waals surface area contributed by atoms with Crippen molar-refractivity contribution >= 4 is 67.5 Å². The Morgan fingerprint density at radius 1 is 0.692 bits per heavy atom. The Kier molecular flexibility index (Phi) is 4.83. The number of benzene rings is 2. The number of nitrogens with zero attached hydrogens (tertiary/aromatic N) is 2. The number of aromatic amines is 2. The molecule has 2 heterocycles. The van der Waals surface area contributed by atoms with Gasteiger partial charge in [-0.25, -0.2) is 9.97 Å². The van der Waals surface area contributed by atoms with Crippen molar-refractivity contribution in [2.75, 3.05) is 0 Å². The van der Waals surface area contributed by atoms with Gasteiger partial charge in [-0.1, -0.05) is 68.3 Å². The first-order chi connectivity index (χ1) is 12.5. The van der Waals surface area contributed by atoms with Crippen molar-refractivity contribution in [3.05, 3.63) is 66.9 Å². The summed E-state index contributed by atoms with van der Waals surface area (Å²) in [4.78, 5) is 15.6. The highest BCUT2D eigenvalue weighted by molar-refractivity contribution is 9.10. The zero-order valence-electron chi connectivity index (χ0n) is 13.1. The van der Waals surface area contributed by atoms with Gasteiger partial charge in [0.15, 0.2) is 10.4 Å². The first-order valence-corrected chi connectivity index (χ1v) is 9.98. The number of hydrogen-bond acceptors (Lipinski definition) is 4. The maximum absolute atomic E-state index is 5.39. The van der Waals surface area contributed by atoms with E-state index >= 15 is 0 Å². The molecule has 4 aromatic rings. The van der Waals surface area contributed by atoms with Gasteiger partial charge in [0.2, 0.25) is 0 Å². The van der Waals surface area contributed by atoms with E-state index in [4.69, 9.17) is 34.4 Å².